The highest BCUT2D eigenvalue weighted by atomic mass is 16.5. The molecule has 0 N–H and O–H groups in total. The maximum atomic E-state index is 11.0. The summed E-state index contributed by atoms with van der Waals surface area (Å²) >= 11 is 0. The van der Waals surface area contributed by atoms with E-state index in [0.717, 1.165) is 30.6 Å². The molecule has 0 spiro atoms. The molecule has 1 aromatic carbocycles. The fourth-order valence-corrected chi connectivity index (χ4v) is 1.66. The summed E-state index contributed by atoms with van der Waals surface area (Å²) in [6.07, 6.45) is 10.5. The number of carbonyl (C=O) groups excluding carboxylic acids is 1. The number of carbonyl (C=O) groups is 1. The maximum absolute atomic E-state index is 11.0. The van der Waals surface area contributed by atoms with Crippen molar-refractivity contribution < 1.29 is 14.3 Å². The number of hydrogen-bond acceptors (Lipinski definition) is 3. The average molecular weight is 274 g/mol. The molecule has 0 heterocycles. The summed E-state index contributed by atoms with van der Waals surface area (Å²) in [5.74, 6) is 0.604. The lowest BCUT2D eigenvalue weighted by Gasteiger charge is -1.99. The first-order valence-corrected chi connectivity index (χ1v) is 6.90. The Hall–Kier alpha value is -2.03. The smallest absolute Gasteiger partial charge is 0.330 e. The Morgan fingerprint density at radius 2 is 1.85 bits per heavy atom. The largest absolute Gasteiger partial charge is 0.497 e. The van der Waals surface area contributed by atoms with Crippen LogP contribution in [0.2, 0.25) is 0 Å². The predicted molar refractivity (Wildman–Crippen MR) is 81.7 cm³/mol. The van der Waals surface area contributed by atoms with E-state index in [1.807, 2.05) is 30.3 Å². The highest BCUT2D eigenvalue weighted by Crippen LogP contribution is 2.12. The molecule has 3 heteroatoms. The maximum Gasteiger partial charge on any atom is 0.330 e. The van der Waals surface area contributed by atoms with Gasteiger partial charge in [0.25, 0.3) is 0 Å². The zero-order chi connectivity index (χ0) is 14.6. The molecule has 0 bridgehead atoms. The molecule has 0 saturated carbocycles. The number of esters is 1. The SMILES string of the molecule is CCOC(=O)/C=C/CCC/C=C/c1ccc(OC)cc1. The number of benzene rings is 1. The van der Waals surface area contributed by atoms with Crippen molar-refractivity contribution in [1.29, 1.82) is 0 Å². The van der Waals surface area contributed by atoms with Crippen molar-refractivity contribution in [3.8, 4) is 5.75 Å². The van der Waals surface area contributed by atoms with Crippen LogP contribution < -0.4 is 4.74 Å². The molecule has 0 aliphatic rings. The standard InChI is InChI=1S/C17H22O3/c1-3-20-17(18)10-8-6-4-5-7-9-15-11-13-16(19-2)14-12-15/h7-14H,3-6H2,1-2H3/b9-7+,10-8+. The third-order valence-corrected chi connectivity index (χ3v) is 2.71. The van der Waals surface area contributed by atoms with Gasteiger partial charge in [-0.3, -0.25) is 0 Å². The molecule has 20 heavy (non-hydrogen) atoms. The topological polar surface area (TPSA) is 35.5 Å². The quantitative estimate of drug-likeness (QED) is 0.408. The minimum Gasteiger partial charge on any atom is -0.497 e. The van der Waals surface area contributed by atoms with E-state index < -0.39 is 0 Å². The molecular weight excluding hydrogens is 252 g/mol. The molecule has 1 aromatic rings. The van der Waals surface area contributed by atoms with Gasteiger partial charge in [-0.25, -0.2) is 4.79 Å². The van der Waals surface area contributed by atoms with E-state index in [9.17, 15) is 4.79 Å². The van der Waals surface area contributed by atoms with Crippen molar-refractivity contribution in [1.82, 2.24) is 0 Å². The molecule has 0 radical (unpaired) electrons. The van der Waals surface area contributed by atoms with Gasteiger partial charge in [-0.05, 0) is 43.9 Å². The van der Waals surface area contributed by atoms with E-state index in [0.29, 0.717) is 6.61 Å². The van der Waals surface area contributed by atoms with E-state index in [1.165, 1.54) is 6.08 Å². The Balaban J connectivity index is 2.20. The lowest BCUT2D eigenvalue weighted by molar-refractivity contribution is -0.137. The van der Waals surface area contributed by atoms with E-state index >= 15 is 0 Å². The Labute approximate surface area is 120 Å². The summed E-state index contributed by atoms with van der Waals surface area (Å²) in [4.78, 5) is 11.0. The highest BCUT2D eigenvalue weighted by molar-refractivity contribution is 5.81. The minimum atomic E-state index is -0.263. The van der Waals surface area contributed by atoms with E-state index in [2.05, 4.69) is 12.2 Å². The van der Waals surface area contributed by atoms with Crippen molar-refractivity contribution in [2.45, 2.75) is 26.2 Å². The fourth-order valence-electron chi connectivity index (χ4n) is 1.66. The second-order valence-electron chi connectivity index (χ2n) is 4.26. The summed E-state index contributed by atoms with van der Waals surface area (Å²) in [5, 5.41) is 0. The first kappa shape index (κ1) is 16.0. The zero-order valence-corrected chi connectivity index (χ0v) is 12.2. The van der Waals surface area contributed by atoms with Gasteiger partial charge in [-0.15, -0.1) is 0 Å². The van der Waals surface area contributed by atoms with Crippen molar-refractivity contribution in [2.24, 2.45) is 0 Å². The molecule has 0 atom stereocenters. The molecule has 1 rings (SSSR count). The monoisotopic (exact) mass is 274 g/mol. The van der Waals surface area contributed by atoms with Crippen LogP contribution in [0.3, 0.4) is 0 Å². The Bertz CT molecular complexity index is 444. The number of rotatable bonds is 8. The third kappa shape index (κ3) is 6.78. The van der Waals surface area contributed by atoms with E-state index in [4.69, 9.17) is 9.47 Å². The van der Waals surface area contributed by atoms with Gasteiger partial charge in [0.2, 0.25) is 0 Å². The van der Waals surface area contributed by atoms with Gasteiger partial charge < -0.3 is 9.47 Å². The van der Waals surface area contributed by atoms with Crippen LogP contribution in [0.4, 0.5) is 0 Å². The van der Waals surface area contributed by atoms with Crippen molar-refractivity contribution >= 4 is 12.0 Å². The van der Waals surface area contributed by atoms with Crippen LogP contribution in [-0.4, -0.2) is 19.7 Å². The number of ether oxygens (including phenoxy) is 2. The summed E-state index contributed by atoms with van der Waals surface area (Å²) in [6.45, 7) is 2.23. The second kappa shape index (κ2) is 9.84. The Morgan fingerprint density at radius 3 is 2.50 bits per heavy atom. The van der Waals surface area contributed by atoms with Gasteiger partial charge in [0.05, 0.1) is 13.7 Å². The van der Waals surface area contributed by atoms with Crippen LogP contribution in [-0.2, 0) is 9.53 Å². The van der Waals surface area contributed by atoms with Gasteiger partial charge in [-0.1, -0.05) is 30.4 Å². The Morgan fingerprint density at radius 1 is 1.15 bits per heavy atom. The van der Waals surface area contributed by atoms with Crippen molar-refractivity contribution in [3.05, 3.63) is 48.1 Å². The number of unbranched alkanes of at least 4 members (excludes halogenated alkanes) is 2. The zero-order valence-electron chi connectivity index (χ0n) is 12.2. The van der Waals surface area contributed by atoms with E-state index in [-0.39, 0.29) is 5.97 Å². The van der Waals surface area contributed by atoms with Gasteiger partial charge in [0, 0.05) is 6.08 Å². The third-order valence-electron chi connectivity index (χ3n) is 2.71. The minimum absolute atomic E-state index is 0.263. The van der Waals surface area contributed by atoms with Gasteiger partial charge in [-0.2, -0.15) is 0 Å². The second-order valence-corrected chi connectivity index (χ2v) is 4.26. The molecule has 0 saturated heterocycles. The molecule has 0 unspecified atom stereocenters. The Kier molecular flexibility index (Phi) is 7.89. The lowest BCUT2D eigenvalue weighted by atomic mass is 10.1. The van der Waals surface area contributed by atoms with Crippen LogP contribution in [0.5, 0.6) is 5.75 Å². The van der Waals surface area contributed by atoms with Crippen LogP contribution in [0, 0.1) is 0 Å². The first-order valence-electron chi connectivity index (χ1n) is 6.90. The van der Waals surface area contributed by atoms with Crippen LogP contribution in [0.1, 0.15) is 31.7 Å². The molecular formula is C17H22O3. The number of methoxy groups -OCH3 is 1. The van der Waals surface area contributed by atoms with Crippen LogP contribution >= 0.6 is 0 Å². The number of hydrogen-bond donors (Lipinski definition) is 0. The first-order chi connectivity index (χ1) is 9.76. The average Bonchev–Trinajstić information content (AvgIpc) is 2.47. The summed E-state index contributed by atoms with van der Waals surface area (Å²) in [6, 6.07) is 7.94. The predicted octanol–water partition coefficient (Wildman–Crippen LogP) is 4.00. The summed E-state index contributed by atoms with van der Waals surface area (Å²) in [5.41, 5.74) is 1.16. The van der Waals surface area contributed by atoms with Crippen LogP contribution in [0.25, 0.3) is 6.08 Å². The summed E-state index contributed by atoms with van der Waals surface area (Å²) < 4.78 is 9.90. The molecule has 0 aliphatic carbocycles. The molecule has 108 valence electrons. The van der Waals surface area contributed by atoms with E-state index in [1.54, 1.807) is 14.0 Å². The fraction of sp³-hybridized carbons (Fsp3) is 0.353. The van der Waals surface area contributed by atoms with Crippen molar-refractivity contribution in [3.63, 3.8) is 0 Å². The normalized spacial score (nSPS) is 11.1. The molecule has 0 aliphatic heterocycles. The summed E-state index contributed by atoms with van der Waals surface area (Å²) in [7, 11) is 1.66. The van der Waals surface area contributed by atoms with Gasteiger partial charge in [0.15, 0.2) is 0 Å². The van der Waals surface area contributed by atoms with Gasteiger partial charge in [0.1, 0.15) is 5.75 Å². The molecule has 0 aromatic heterocycles. The van der Waals surface area contributed by atoms with Crippen molar-refractivity contribution in [2.75, 3.05) is 13.7 Å². The number of allylic oxidation sites excluding steroid dienone is 2. The van der Waals surface area contributed by atoms with Crippen LogP contribution in [0.15, 0.2) is 42.5 Å². The molecule has 3 nitrogen and oxygen atoms in total. The molecule has 0 fully saturated rings. The van der Waals surface area contributed by atoms with Gasteiger partial charge >= 0.3 is 5.97 Å². The highest BCUT2D eigenvalue weighted by Gasteiger charge is 1.92. The molecule has 0 amide bonds. The lowest BCUT2D eigenvalue weighted by Crippen LogP contribution is -1.98.